The fourth-order valence-corrected chi connectivity index (χ4v) is 2.99. The van der Waals surface area contributed by atoms with Crippen LogP contribution in [-0.2, 0) is 16.0 Å². The van der Waals surface area contributed by atoms with Gasteiger partial charge in [-0.05, 0) is 24.4 Å². The molecule has 0 fully saturated rings. The van der Waals surface area contributed by atoms with Crippen LogP contribution < -0.4 is 11.5 Å². The van der Waals surface area contributed by atoms with Crippen molar-refractivity contribution in [1.82, 2.24) is 0 Å². The van der Waals surface area contributed by atoms with Gasteiger partial charge in [-0.15, -0.1) is 11.3 Å². The summed E-state index contributed by atoms with van der Waals surface area (Å²) in [7, 11) is 0. The normalized spacial score (nSPS) is 11.0. The van der Waals surface area contributed by atoms with Crippen molar-refractivity contribution in [3.63, 3.8) is 0 Å². The van der Waals surface area contributed by atoms with Gasteiger partial charge in [0.15, 0.2) is 0 Å². The molecule has 4 nitrogen and oxygen atoms in total. The number of carbonyl (C=O) groups is 2. The van der Waals surface area contributed by atoms with E-state index in [1.807, 2.05) is 30.3 Å². The second kappa shape index (κ2) is 6.05. The molecule has 2 aromatic rings. The Morgan fingerprint density at radius 3 is 2.32 bits per heavy atom. The molecule has 2 amide bonds. The minimum absolute atomic E-state index is 0. The van der Waals surface area contributed by atoms with Crippen molar-refractivity contribution in [3.8, 4) is 0 Å². The Hall–Kier alpha value is -0.880. The van der Waals surface area contributed by atoms with E-state index in [2.05, 4.69) is 0 Å². The standard InChI is InChI=1S/C13H14N2O2S.Na.H/c1-13(11(14)16,12(15)17)7-9-6-8-4-2-3-5-10(8)18-9;;/h2-6H,7H2,1H3,(H2,14,16)(H2,15,17);;. The van der Waals surface area contributed by atoms with Crippen molar-refractivity contribution in [1.29, 1.82) is 0 Å². The number of nitrogens with two attached hydrogens (primary N) is 2. The van der Waals surface area contributed by atoms with Gasteiger partial charge in [0.05, 0.1) is 0 Å². The van der Waals surface area contributed by atoms with E-state index in [0.717, 1.165) is 15.0 Å². The maximum absolute atomic E-state index is 11.4. The van der Waals surface area contributed by atoms with Crippen LogP contribution in [0.5, 0.6) is 0 Å². The van der Waals surface area contributed by atoms with E-state index in [1.165, 1.54) is 6.92 Å². The number of primary amides is 2. The van der Waals surface area contributed by atoms with Crippen molar-refractivity contribution < 1.29 is 9.59 Å². The van der Waals surface area contributed by atoms with Crippen LogP contribution in [-0.4, -0.2) is 41.4 Å². The number of thiophene rings is 1. The first-order valence-corrected chi connectivity index (χ1v) is 6.32. The average molecular weight is 286 g/mol. The zero-order chi connectivity index (χ0) is 13.3. The second-order valence-corrected chi connectivity index (χ2v) is 5.66. The van der Waals surface area contributed by atoms with E-state index in [-0.39, 0.29) is 36.0 Å². The van der Waals surface area contributed by atoms with Crippen LogP contribution in [0.4, 0.5) is 0 Å². The third kappa shape index (κ3) is 3.17. The first kappa shape index (κ1) is 16.2. The topological polar surface area (TPSA) is 86.2 Å². The first-order valence-electron chi connectivity index (χ1n) is 5.51. The van der Waals surface area contributed by atoms with Gasteiger partial charge in [0.2, 0.25) is 11.8 Å². The third-order valence-electron chi connectivity index (χ3n) is 3.09. The molecule has 0 saturated carbocycles. The van der Waals surface area contributed by atoms with Gasteiger partial charge in [0.25, 0.3) is 0 Å². The minimum atomic E-state index is -1.33. The van der Waals surface area contributed by atoms with Gasteiger partial charge in [0.1, 0.15) is 5.41 Å². The summed E-state index contributed by atoms with van der Waals surface area (Å²) in [5.41, 5.74) is 9.23. The Morgan fingerprint density at radius 1 is 1.21 bits per heavy atom. The molecule has 1 aromatic carbocycles. The van der Waals surface area contributed by atoms with Crippen molar-refractivity contribution >= 4 is 62.8 Å². The second-order valence-electron chi connectivity index (χ2n) is 4.49. The van der Waals surface area contributed by atoms with Gasteiger partial charge in [0, 0.05) is 16.0 Å². The summed E-state index contributed by atoms with van der Waals surface area (Å²) in [6.45, 7) is 1.49. The Labute approximate surface area is 137 Å². The predicted octanol–water partition coefficient (Wildman–Crippen LogP) is 0.772. The molecule has 0 aliphatic carbocycles. The molecule has 0 saturated heterocycles. The molecule has 19 heavy (non-hydrogen) atoms. The molecular weight excluding hydrogens is 271 g/mol. The number of benzene rings is 1. The predicted molar refractivity (Wildman–Crippen MR) is 79.2 cm³/mol. The van der Waals surface area contributed by atoms with E-state index in [0.29, 0.717) is 0 Å². The van der Waals surface area contributed by atoms with E-state index < -0.39 is 17.2 Å². The fourth-order valence-electron chi connectivity index (χ4n) is 1.77. The molecule has 1 aromatic heterocycles. The number of fused-ring (bicyclic) bond motifs is 1. The van der Waals surface area contributed by atoms with E-state index in [4.69, 9.17) is 11.5 Å². The van der Waals surface area contributed by atoms with Gasteiger partial charge in [-0.25, -0.2) is 0 Å². The zero-order valence-corrected chi connectivity index (χ0v) is 10.8. The molecule has 6 heteroatoms. The van der Waals surface area contributed by atoms with Crippen molar-refractivity contribution in [2.45, 2.75) is 13.3 Å². The fraction of sp³-hybridized carbons (Fsp3) is 0.231. The summed E-state index contributed by atoms with van der Waals surface area (Å²) >= 11 is 1.54. The Kier molecular flexibility index (Phi) is 5.15. The first-order chi connectivity index (χ1) is 8.43. The summed E-state index contributed by atoms with van der Waals surface area (Å²) < 4.78 is 1.11. The molecule has 0 unspecified atom stereocenters. The summed E-state index contributed by atoms with van der Waals surface area (Å²) in [5, 5.41) is 1.09. The molecule has 96 valence electrons. The van der Waals surface area contributed by atoms with Gasteiger partial charge in [-0.2, -0.15) is 0 Å². The van der Waals surface area contributed by atoms with Crippen LogP contribution in [0.15, 0.2) is 30.3 Å². The third-order valence-corrected chi connectivity index (χ3v) is 4.21. The number of carbonyl (C=O) groups excluding carboxylic acids is 2. The van der Waals surface area contributed by atoms with E-state index in [1.54, 1.807) is 11.3 Å². The average Bonchev–Trinajstić information content (AvgIpc) is 2.70. The van der Waals surface area contributed by atoms with Crippen molar-refractivity contribution in [2.75, 3.05) is 0 Å². The molecule has 0 bridgehead atoms. The van der Waals surface area contributed by atoms with Gasteiger partial charge in [-0.1, -0.05) is 18.2 Å². The molecule has 4 N–H and O–H groups in total. The van der Waals surface area contributed by atoms with E-state index in [9.17, 15) is 9.59 Å². The van der Waals surface area contributed by atoms with Crippen LogP contribution in [0.1, 0.15) is 11.8 Å². The molecule has 0 spiro atoms. The Bertz CT molecular complexity index is 577. The number of hydrogen-bond donors (Lipinski definition) is 2. The molecule has 1 heterocycles. The van der Waals surface area contributed by atoms with Crippen LogP contribution >= 0.6 is 11.3 Å². The molecule has 0 atom stereocenters. The Morgan fingerprint density at radius 2 is 1.79 bits per heavy atom. The van der Waals surface area contributed by atoms with Gasteiger partial charge < -0.3 is 11.5 Å². The maximum atomic E-state index is 11.4. The van der Waals surface area contributed by atoms with Crippen LogP contribution in [0, 0.1) is 5.41 Å². The number of amides is 2. The number of hydrogen-bond acceptors (Lipinski definition) is 3. The van der Waals surface area contributed by atoms with Gasteiger partial charge >= 0.3 is 29.6 Å². The molecule has 0 aliphatic rings. The van der Waals surface area contributed by atoms with Crippen molar-refractivity contribution in [3.05, 3.63) is 35.2 Å². The van der Waals surface area contributed by atoms with Crippen molar-refractivity contribution in [2.24, 2.45) is 16.9 Å². The molecular formula is C13H15N2NaO2S. The summed E-state index contributed by atoms with van der Waals surface area (Å²) in [6, 6.07) is 9.84. The van der Waals surface area contributed by atoms with Gasteiger partial charge in [-0.3, -0.25) is 9.59 Å². The zero-order valence-electron chi connectivity index (χ0n) is 9.97. The SMILES string of the molecule is CC(Cc1cc2ccccc2s1)(C(N)=O)C(N)=O.[NaH]. The van der Waals surface area contributed by atoms with Crippen LogP contribution in [0.2, 0.25) is 0 Å². The molecule has 0 aliphatic heterocycles. The van der Waals surface area contributed by atoms with Crippen LogP contribution in [0.25, 0.3) is 10.1 Å². The summed E-state index contributed by atoms with van der Waals surface area (Å²) in [4.78, 5) is 23.7. The van der Waals surface area contributed by atoms with Crippen LogP contribution in [0.3, 0.4) is 0 Å². The quantitative estimate of drug-likeness (QED) is 0.642. The molecule has 2 rings (SSSR count). The molecule has 0 radical (unpaired) electrons. The monoisotopic (exact) mass is 286 g/mol. The van der Waals surface area contributed by atoms with E-state index >= 15 is 0 Å². The number of rotatable bonds is 4. The summed E-state index contributed by atoms with van der Waals surface area (Å²) in [6.07, 6.45) is 0.247. The summed E-state index contributed by atoms with van der Waals surface area (Å²) in [5.74, 6) is -1.38. The Balaban J connectivity index is 0.00000180.